The van der Waals surface area contributed by atoms with Crippen LogP contribution in [0.4, 0.5) is 5.82 Å². The predicted octanol–water partition coefficient (Wildman–Crippen LogP) is 2.45. The third-order valence-electron chi connectivity index (χ3n) is 6.87. The molecule has 0 atom stereocenters. The number of methoxy groups -OCH3 is 1. The Labute approximate surface area is 209 Å². The van der Waals surface area contributed by atoms with Crippen molar-refractivity contribution in [3.8, 4) is 17.3 Å². The molecule has 10 nitrogen and oxygen atoms in total. The molecule has 0 radical (unpaired) electrons. The van der Waals surface area contributed by atoms with Crippen molar-refractivity contribution in [1.29, 1.82) is 0 Å². The van der Waals surface area contributed by atoms with Crippen molar-refractivity contribution < 1.29 is 19.4 Å². The zero-order valence-electron chi connectivity index (χ0n) is 20.7. The Morgan fingerprint density at radius 1 is 1.14 bits per heavy atom. The van der Waals surface area contributed by atoms with Crippen LogP contribution in [0.2, 0.25) is 0 Å². The molecule has 0 fully saturated rings. The van der Waals surface area contributed by atoms with E-state index in [1.807, 2.05) is 18.2 Å². The lowest BCUT2D eigenvalue weighted by atomic mass is 9.90. The zero-order chi connectivity index (χ0) is 25.4. The van der Waals surface area contributed by atoms with Gasteiger partial charge in [0, 0.05) is 26.1 Å². The second-order valence-corrected chi connectivity index (χ2v) is 9.90. The molecule has 0 saturated carbocycles. The second kappa shape index (κ2) is 9.34. The van der Waals surface area contributed by atoms with Gasteiger partial charge >= 0.3 is 0 Å². The fourth-order valence-electron chi connectivity index (χ4n) is 4.75. The van der Waals surface area contributed by atoms with E-state index in [9.17, 15) is 14.7 Å². The Hall–Kier alpha value is -3.79. The minimum atomic E-state index is -0.856. The summed E-state index contributed by atoms with van der Waals surface area (Å²) in [5, 5.41) is 21.0. The molecular weight excluding hydrogens is 460 g/mol. The summed E-state index contributed by atoms with van der Waals surface area (Å²) < 4.78 is 7.59. The predicted molar refractivity (Wildman–Crippen MR) is 133 cm³/mol. The summed E-state index contributed by atoms with van der Waals surface area (Å²) in [5.41, 5.74) is 2.07. The highest BCUT2D eigenvalue weighted by atomic mass is 16.5. The summed E-state index contributed by atoms with van der Waals surface area (Å²) in [5.74, 6) is 2.04. The monoisotopic (exact) mass is 490 g/mol. The van der Waals surface area contributed by atoms with Crippen molar-refractivity contribution in [2.24, 2.45) is 5.41 Å². The first-order chi connectivity index (χ1) is 17.3. The number of ether oxygens (including phenoxy) is 1. The van der Waals surface area contributed by atoms with Crippen LogP contribution in [0, 0.1) is 5.41 Å². The summed E-state index contributed by atoms with van der Waals surface area (Å²) in [6.45, 7) is 5.01. The van der Waals surface area contributed by atoms with E-state index in [1.54, 1.807) is 30.9 Å². The van der Waals surface area contributed by atoms with E-state index in [0.717, 1.165) is 36.3 Å². The molecule has 2 amide bonds. The Bertz CT molecular complexity index is 1330. The number of hydrogen-bond donors (Lipinski definition) is 2. The molecule has 188 valence electrons. The summed E-state index contributed by atoms with van der Waals surface area (Å²) in [4.78, 5) is 32.5. The van der Waals surface area contributed by atoms with Crippen molar-refractivity contribution >= 4 is 17.6 Å². The summed E-state index contributed by atoms with van der Waals surface area (Å²) in [6, 6.07) is 9.05. The van der Waals surface area contributed by atoms with E-state index >= 15 is 0 Å². The lowest BCUT2D eigenvalue weighted by Crippen LogP contribution is -2.45. The molecule has 1 aromatic carbocycles. The number of hydrogen-bond acceptors (Lipinski definition) is 7. The van der Waals surface area contributed by atoms with E-state index in [4.69, 9.17) is 4.74 Å². The fourth-order valence-corrected chi connectivity index (χ4v) is 4.75. The van der Waals surface area contributed by atoms with Gasteiger partial charge < -0.3 is 24.6 Å². The highest BCUT2D eigenvalue weighted by Gasteiger charge is 2.33. The molecule has 0 aliphatic carbocycles. The van der Waals surface area contributed by atoms with Gasteiger partial charge in [0.15, 0.2) is 5.82 Å². The van der Waals surface area contributed by atoms with Crippen LogP contribution in [0.15, 0.2) is 30.3 Å². The fraction of sp³-hybridized carbons (Fsp3) is 0.423. The molecule has 2 aromatic heterocycles. The Balaban J connectivity index is 1.39. The molecule has 3 aromatic rings. The number of amides is 2. The Morgan fingerprint density at radius 2 is 1.97 bits per heavy atom. The Morgan fingerprint density at radius 3 is 2.75 bits per heavy atom. The van der Waals surface area contributed by atoms with Crippen LogP contribution in [0.3, 0.4) is 0 Å². The van der Waals surface area contributed by atoms with Gasteiger partial charge in [-0.05, 0) is 62.1 Å². The van der Waals surface area contributed by atoms with Crippen molar-refractivity contribution in [2.45, 2.75) is 46.2 Å². The topological polar surface area (TPSA) is 122 Å². The first-order valence-corrected chi connectivity index (χ1v) is 12.1. The van der Waals surface area contributed by atoms with Crippen LogP contribution in [0.1, 0.15) is 47.6 Å². The van der Waals surface area contributed by atoms with Crippen LogP contribution < -0.4 is 10.1 Å². The maximum atomic E-state index is 13.3. The van der Waals surface area contributed by atoms with Crippen LogP contribution in [0.5, 0.6) is 5.75 Å². The van der Waals surface area contributed by atoms with Gasteiger partial charge in [0.25, 0.3) is 5.91 Å². The van der Waals surface area contributed by atoms with Crippen molar-refractivity contribution in [2.75, 3.05) is 25.6 Å². The number of anilines is 1. The van der Waals surface area contributed by atoms with Crippen LogP contribution in [0.25, 0.3) is 11.5 Å². The molecule has 2 aliphatic rings. The number of nitrogens with one attached hydrogen (secondary N) is 1. The number of aliphatic hydroxyl groups is 1. The molecule has 0 spiro atoms. The van der Waals surface area contributed by atoms with E-state index in [-0.39, 0.29) is 18.4 Å². The first kappa shape index (κ1) is 23.9. The highest BCUT2D eigenvalue weighted by Crippen LogP contribution is 2.31. The van der Waals surface area contributed by atoms with Crippen LogP contribution >= 0.6 is 0 Å². The standard InChI is InChI=1S/C26H30N6O4/c1-26(2,15-33)25(35)31-11-9-16-13-20(36-3)18(12-17(16)14-31)24(34)28-21-7-4-6-19(27-21)23-30-29-22-8-5-10-32(22)23/h4,6-7,12-13,33H,5,8-11,14-15H2,1-3H3,(H,27,28,34). The quantitative estimate of drug-likeness (QED) is 0.544. The number of aliphatic hydroxyl groups excluding tert-OH is 1. The number of aryl methyl sites for hydroxylation is 1. The largest absolute Gasteiger partial charge is 0.496 e. The minimum Gasteiger partial charge on any atom is -0.496 e. The van der Waals surface area contributed by atoms with Gasteiger partial charge in [0.05, 0.1) is 24.7 Å². The van der Waals surface area contributed by atoms with Crippen LogP contribution in [-0.4, -0.2) is 61.8 Å². The smallest absolute Gasteiger partial charge is 0.260 e. The summed E-state index contributed by atoms with van der Waals surface area (Å²) in [7, 11) is 1.53. The number of carbonyl (C=O) groups is 2. The molecule has 0 saturated heterocycles. The number of rotatable bonds is 6. The third-order valence-corrected chi connectivity index (χ3v) is 6.87. The van der Waals surface area contributed by atoms with Crippen molar-refractivity contribution in [3.63, 3.8) is 0 Å². The number of benzene rings is 1. The molecule has 0 unspecified atom stereocenters. The van der Waals surface area contributed by atoms with Gasteiger partial charge in [0.1, 0.15) is 23.1 Å². The number of aromatic nitrogens is 4. The van der Waals surface area contributed by atoms with Gasteiger partial charge in [-0.2, -0.15) is 0 Å². The van der Waals surface area contributed by atoms with Crippen molar-refractivity contribution in [1.82, 2.24) is 24.6 Å². The van der Waals surface area contributed by atoms with Crippen LogP contribution in [-0.2, 0) is 30.7 Å². The van der Waals surface area contributed by atoms with Gasteiger partial charge in [-0.1, -0.05) is 6.07 Å². The lowest BCUT2D eigenvalue weighted by Gasteiger charge is -2.34. The molecule has 10 heteroatoms. The lowest BCUT2D eigenvalue weighted by molar-refractivity contribution is -0.143. The molecule has 2 N–H and O–H groups in total. The number of fused-ring (bicyclic) bond motifs is 2. The maximum absolute atomic E-state index is 13.3. The molecule has 2 aliphatic heterocycles. The van der Waals surface area contributed by atoms with E-state index in [0.29, 0.717) is 48.2 Å². The van der Waals surface area contributed by atoms with Gasteiger partial charge in [-0.3, -0.25) is 9.59 Å². The highest BCUT2D eigenvalue weighted by molar-refractivity contribution is 6.06. The van der Waals surface area contributed by atoms with E-state index < -0.39 is 5.41 Å². The SMILES string of the molecule is COc1cc2c(cc1C(=O)Nc1cccc(-c3nnc4n3CCC4)n1)CN(C(=O)C(C)(C)CO)CC2. The van der Waals surface area contributed by atoms with Gasteiger partial charge in [0.2, 0.25) is 5.91 Å². The Kier molecular flexibility index (Phi) is 6.21. The number of pyridine rings is 1. The normalized spacial score (nSPS) is 14.8. The molecular formula is C26H30N6O4. The summed E-state index contributed by atoms with van der Waals surface area (Å²) >= 11 is 0. The molecule has 4 heterocycles. The van der Waals surface area contributed by atoms with E-state index in [1.165, 1.54) is 7.11 Å². The first-order valence-electron chi connectivity index (χ1n) is 12.1. The molecule has 36 heavy (non-hydrogen) atoms. The number of carbonyl (C=O) groups excluding carboxylic acids is 2. The van der Waals surface area contributed by atoms with Crippen molar-refractivity contribution in [3.05, 3.63) is 52.8 Å². The average molecular weight is 491 g/mol. The zero-order valence-corrected chi connectivity index (χ0v) is 20.7. The minimum absolute atomic E-state index is 0.113. The number of nitrogens with zero attached hydrogens (tertiary/aromatic N) is 5. The second-order valence-electron chi connectivity index (χ2n) is 9.90. The van der Waals surface area contributed by atoms with Gasteiger partial charge in [-0.25, -0.2) is 4.98 Å². The van der Waals surface area contributed by atoms with Gasteiger partial charge in [-0.15, -0.1) is 10.2 Å². The van der Waals surface area contributed by atoms with E-state index in [2.05, 4.69) is 25.1 Å². The molecule has 0 bridgehead atoms. The average Bonchev–Trinajstić information content (AvgIpc) is 3.51. The third kappa shape index (κ3) is 4.32. The summed E-state index contributed by atoms with van der Waals surface area (Å²) in [6.07, 6.45) is 2.59. The maximum Gasteiger partial charge on any atom is 0.260 e. The molecule has 5 rings (SSSR count).